The van der Waals surface area contributed by atoms with E-state index in [0.29, 0.717) is 4.90 Å². The van der Waals surface area contributed by atoms with Gasteiger partial charge in [-0.1, -0.05) is 18.2 Å². The van der Waals surface area contributed by atoms with Crippen molar-refractivity contribution in [2.45, 2.75) is 36.9 Å². The molecule has 1 aromatic rings. The Morgan fingerprint density at radius 2 is 1.83 bits per heavy atom. The number of nitrogens with one attached hydrogen (secondary N) is 2. The van der Waals surface area contributed by atoms with E-state index >= 15 is 0 Å². The van der Waals surface area contributed by atoms with Crippen molar-refractivity contribution in [1.82, 2.24) is 10.0 Å². The molecule has 1 heterocycles. The molecular formula is C13H16N2O2S. The summed E-state index contributed by atoms with van der Waals surface area (Å²) < 4.78 is 27.2. The van der Waals surface area contributed by atoms with Crippen LogP contribution in [-0.4, -0.2) is 14.5 Å². The third kappa shape index (κ3) is 2.21. The number of fused-ring (bicyclic) bond motifs is 1. The van der Waals surface area contributed by atoms with Gasteiger partial charge in [0.1, 0.15) is 0 Å². The fraction of sp³-hybridized carbons (Fsp3) is 0.385. The summed E-state index contributed by atoms with van der Waals surface area (Å²) in [4.78, 5) is 0.372. The van der Waals surface area contributed by atoms with E-state index in [1.54, 1.807) is 12.1 Å². The maximum atomic E-state index is 12.2. The summed E-state index contributed by atoms with van der Waals surface area (Å²) in [5.41, 5.74) is 2.28. The van der Waals surface area contributed by atoms with Gasteiger partial charge in [0.25, 0.3) is 0 Å². The van der Waals surface area contributed by atoms with Gasteiger partial charge in [-0.25, -0.2) is 13.1 Å². The van der Waals surface area contributed by atoms with E-state index < -0.39 is 10.0 Å². The molecule has 0 atom stereocenters. The maximum absolute atomic E-state index is 12.2. The zero-order valence-electron chi connectivity index (χ0n) is 10.0. The van der Waals surface area contributed by atoms with Crippen molar-refractivity contribution in [2.24, 2.45) is 0 Å². The fourth-order valence-corrected chi connectivity index (χ4v) is 3.75. The first-order valence-electron chi connectivity index (χ1n) is 6.15. The first-order chi connectivity index (χ1) is 8.65. The van der Waals surface area contributed by atoms with Gasteiger partial charge in [-0.3, -0.25) is 0 Å². The van der Waals surface area contributed by atoms with Gasteiger partial charge >= 0.3 is 0 Å². The van der Waals surface area contributed by atoms with Crippen LogP contribution in [0.5, 0.6) is 0 Å². The van der Waals surface area contributed by atoms with Crippen LogP contribution in [0.25, 0.3) is 0 Å². The molecule has 2 aliphatic rings. The molecule has 0 unspecified atom stereocenters. The minimum Gasteiger partial charge on any atom is -0.309 e. The third-order valence-electron chi connectivity index (χ3n) is 3.45. The second kappa shape index (κ2) is 4.50. The summed E-state index contributed by atoms with van der Waals surface area (Å²) in [6.45, 7) is 1.58. The summed E-state index contributed by atoms with van der Waals surface area (Å²) in [5, 5.41) is 3.21. The van der Waals surface area contributed by atoms with Gasteiger partial charge in [0.15, 0.2) is 0 Å². The summed E-state index contributed by atoms with van der Waals surface area (Å²) in [7, 11) is -3.38. The van der Waals surface area contributed by atoms with E-state index in [2.05, 4.69) is 10.0 Å². The Morgan fingerprint density at radius 3 is 2.61 bits per heavy atom. The van der Waals surface area contributed by atoms with Crippen LogP contribution in [0.1, 0.15) is 24.0 Å². The molecule has 0 spiro atoms. The minimum atomic E-state index is -3.38. The van der Waals surface area contributed by atoms with Gasteiger partial charge in [-0.15, -0.1) is 0 Å². The first-order valence-corrected chi connectivity index (χ1v) is 7.63. The highest BCUT2D eigenvalue weighted by molar-refractivity contribution is 7.89. The topological polar surface area (TPSA) is 58.2 Å². The van der Waals surface area contributed by atoms with Gasteiger partial charge in [0.05, 0.1) is 4.90 Å². The van der Waals surface area contributed by atoms with Crippen LogP contribution in [0.4, 0.5) is 0 Å². The zero-order valence-corrected chi connectivity index (χ0v) is 10.8. The van der Waals surface area contributed by atoms with Crippen LogP contribution in [0, 0.1) is 0 Å². The van der Waals surface area contributed by atoms with E-state index in [1.807, 2.05) is 18.2 Å². The second-order valence-corrected chi connectivity index (χ2v) is 6.51. The van der Waals surface area contributed by atoms with Crippen molar-refractivity contribution in [2.75, 3.05) is 0 Å². The number of benzene rings is 1. The fourth-order valence-electron chi connectivity index (χ4n) is 2.44. The molecule has 5 heteroatoms. The van der Waals surface area contributed by atoms with Crippen LogP contribution in [0.15, 0.2) is 35.2 Å². The molecule has 0 saturated heterocycles. The quantitative estimate of drug-likeness (QED) is 0.809. The zero-order chi connectivity index (χ0) is 12.6. The molecule has 18 heavy (non-hydrogen) atoms. The molecule has 1 aliphatic carbocycles. The van der Waals surface area contributed by atoms with Crippen molar-refractivity contribution in [1.29, 1.82) is 0 Å². The largest absolute Gasteiger partial charge is 0.309 e. The average molecular weight is 264 g/mol. The van der Waals surface area contributed by atoms with Gasteiger partial charge in [0.2, 0.25) is 10.0 Å². The molecule has 1 aromatic carbocycles. The van der Waals surface area contributed by atoms with Crippen LogP contribution in [0.2, 0.25) is 0 Å². The molecule has 0 bridgehead atoms. The van der Waals surface area contributed by atoms with Crippen LogP contribution in [0.3, 0.4) is 0 Å². The summed E-state index contributed by atoms with van der Waals surface area (Å²) >= 11 is 0. The van der Waals surface area contributed by atoms with E-state index in [0.717, 1.165) is 31.5 Å². The number of rotatable bonds is 3. The molecule has 3 rings (SSSR count). The Labute approximate surface area is 107 Å². The average Bonchev–Trinajstić information content (AvgIpc) is 2.97. The van der Waals surface area contributed by atoms with Crippen molar-refractivity contribution >= 4 is 10.0 Å². The Balaban J connectivity index is 1.84. The highest BCUT2D eigenvalue weighted by atomic mass is 32.2. The smallest absolute Gasteiger partial charge is 0.240 e. The summed E-state index contributed by atoms with van der Waals surface area (Å²) in [6.07, 6.45) is 5.59. The Kier molecular flexibility index (Phi) is 2.97. The second-order valence-electron chi connectivity index (χ2n) is 4.80. The van der Waals surface area contributed by atoms with E-state index in [1.165, 1.54) is 5.56 Å². The lowest BCUT2D eigenvalue weighted by molar-refractivity contribution is 0.557. The van der Waals surface area contributed by atoms with E-state index in [-0.39, 0.29) is 6.04 Å². The van der Waals surface area contributed by atoms with Gasteiger partial charge in [-0.2, -0.15) is 0 Å². The lowest BCUT2D eigenvalue weighted by Crippen LogP contribution is -2.32. The molecule has 96 valence electrons. The van der Waals surface area contributed by atoms with Crippen molar-refractivity contribution in [3.8, 4) is 0 Å². The van der Waals surface area contributed by atoms with Gasteiger partial charge < -0.3 is 5.32 Å². The molecule has 2 N–H and O–H groups in total. The summed E-state index contributed by atoms with van der Waals surface area (Å²) in [6, 6.07) is 5.38. The SMILES string of the molecule is O=S(=O)(NC1CC=CC1)c1ccc2c(c1)CNC2. The predicted molar refractivity (Wildman–Crippen MR) is 69.5 cm³/mol. The lowest BCUT2D eigenvalue weighted by atomic mass is 10.1. The highest BCUT2D eigenvalue weighted by Crippen LogP contribution is 2.21. The van der Waals surface area contributed by atoms with Crippen LogP contribution < -0.4 is 10.0 Å². The molecule has 1 aliphatic heterocycles. The molecule has 0 radical (unpaired) electrons. The van der Waals surface area contributed by atoms with Crippen molar-refractivity contribution in [3.63, 3.8) is 0 Å². The van der Waals surface area contributed by atoms with Crippen molar-refractivity contribution < 1.29 is 8.42 Å². The predicted octanol–water partition coefficient (Wildman–Crippen LogP) is 1.29. The van der Waals surface area contributed by atoms with Crippen LogP contribution >= 0.6 is 0 Å². The Morgan fingerprint density at radius 1 is 1.11 bits per heavy atom. The highest BCUT2D eigenvalue weighted by Gasteiger charge is 2.22. The maximum Gasteiger partial charge on any atom is 0.240 e. The van der Waals surface area contributed by atoms with Gasteiger partial charge in [0, 0.05) is 19.1 Å². The monoisotopic (exact) mass is 264 g/mol. The molecule has 0 saturated carbocycles. The number of hydrogen-bond donors (Lipinski definition) is 2. The number of sulfonamides is 1. The standard InChI is InChI=1S/C13H16N2O2S/c16-18(17,15-12-3-1-2-4-12)13-6-5-10-8-14-9-11(10)7-13/h1-2,5-7,12,14-15H,3-4,8-9H2. The number of hydrogen-bond acceptors (Lipinski definition) is 3. The Bertz CT molecular complexity index is 585. The molecule has 4 nitrogen and oxygen atoms in total. The van der Waals surface area contributed by atoms with E-state index in [9.17, 15) is 8.42 Å². The third-order valence-corrected chi connectivity index (χ3v) is 4.97. The molecule has 0 fully saturated rings. The van der Waals surface area contributed by atoms with Crippen LogP contribution in [-0.2, 0) is 23.1 Å². The van der Waals surface area contributed by atoms with E-state index in [4.69, 9.17) is 0 Å². The lowest BCUT2D eigenvalue weighted by Gasteiger charge is -2.13. The molecular weight excluding hydrogens is 248 g/mol. The summed E-state index contributed by atoms with van der Waals surface area (Å²) in [5.74, 6) is 0. The Hall–Kier alpha value is -1.17. The van der Waals surface area contributed by atoms with Gasteiger partial charge in [-0.05, 0) is 36.1 Å². The normalized spacial score (nSPS) is 19.3. The molecule has 0 amide bonds. The van der Waals surface area contributed by atoms with Crippen molar-refractivity contribution in [3.05, 3.63) is 41.5 Å². The molecule has 0 aromatic heterocycles. The first kappa shape index (κ1) is 11.9. The minimum absolute atomic E-state index is 0.0152.